The molecule has 1 amide bonds. The minimum Gasteiger partial charge on any atom is -0.385 e. The molecule has 1 aliphatic rings. The standard InChI is InChI=1S/C16H26N4O/c1-5-7-17-13-6-8-18-14(11-13)15(21)20-10-9-19(4)16(2,3)12-20/h6,8,11H,5,7,9-10,12H2,1-4H3,(H,17,18). The lowest BCUT2D eigenvalue weighted by atomic mass is 9.99. The molecule has 0 saturated carbocycles. The highest BCUT2D eigenvalue weighted by molar-refractivity contribution is 5.93. The van der Waals surface area contributed by atoms with Crippen molar-refractivity contribution in [1.82, 2.24) is 14.8 Å². The van der Waals surface area contributed by atoms with Gasteiger partial charge in [0.2, 0.25) is 0 Å². The van der Waals surface area contributed by atoms with E-state index in [1.807, 2.05) is 17.0 Å². The summed E-state index contributed by atoms with van der Waals surface area (Å²) < 4.78 is 0. The second-order valence-electron chi connectivity index (χ2n) is 6.32. The summed E-state index contributed by atoms with van der Waals surface area (Å²) in [5.41, 5.74) is 1.49. The van der Waals surface area contributed by atoms with Gasteiger partial charge < -0.3 is 10.2 Å². The van der Waals surface area contributed by atoms with Crippen LogP contribution in [0.1, 0.15) is 37.7 Å². The summed E-state index contributed by atoms with van der Waals surface area (Å²) in [4.78, 5) is 21.1. The van der Waals surface area contributed by atoms with Crippen molar-refractivity contribution >= 4 is 11.6 Å². The third-order valence-electron chi connectivity index (χ3n) is 4.16. The van der Waals surface area contributed by atoms with Crippen molar-refractivity contribution in [3.63, 3.8) is 0 Å². The van der Waals surface area contributed by atoms with Gasteiger partial charge in [0, 0.05) is 43.6 Å². The van der Waals surface area contributed by atoms with Crippen molar-refractivity contribution < 1.29 is 4.79 Å². The third kappa shape index (κ3) is 3.73. The van der Waals surface area contributed by atoms with E-state index in [-0.39, 0.29) is 11.4 Å². The first-order valence-electron chi connectivity index (χ1n) is 7.64. The van der Waals surface area contributed by atoms with Gasteiger partial charge in [-0.05, 0) is 39.4 Å². The Balaban J connectivity index is 2.09. The van der Waals surface area contributed by atoms with E-state index in [4.69, 9.17) is 0 Å². The normalized spacial score (nSPS) is 18.6. The number of nitrogens with zero attached hydrogens (tertiary/aromatic N) is 3. The van der Waals surface area contributed by atoms with Crippen molar-refractivity contribution in [3.05, 3.63) is 24.0 Å². The van der Waals surface area contributed by atoms with Crippen molar-refractivity contribution in [2.75, 3.05) is 38.5 Å². The second-order valence-corrected chi connectivity index (χ2v) is 6.32. The summed E-state index contributed by atoms with van der Waals surface area (Å²) in [6.07, 6.45) is 2.75. The van der Waals surface area contributed by atoms with Gasteiger partial charge in [-0.2, -0.15) is 0 Å². The lowest BCUT2D eigenvalue weighted by Crippen LogP contribution is -2.58. The lowest BCUT2D eigenvalue weighted by Gasteiger charge is -2.45. The smallest absolute Gasteiger partial charge is 0.272 e. The molecule has 2 rings (SSSR count). The molecule has 116 valence electrons. The van der Waals surface area contributed by atoms with Gasteiger partial charge in [-0.1, -0.05) is 6.92 Å². The fourth-order valence-corrected chi connectivity index (χ4v) is 2.50. The van der Waals surface area contributed by atoms with Crippen LogP contribution < -0.4 is 5.32 Å². The molecule has 0 bridgehead atoms. The molecule has 0 spiro atoms. The zero-order valence-corrected chi connectivity index (χ0v) is 13.5. The molecule has 1 aliphatic heterocycles. The number of anilines is 1. The van der Waals surface area contributed by atoms with E-state index in [1.165, 1.54) is 0 Å². The number of aromatic nitrogens is 1. The molecular weight excluding hydrogens is 264 g/mol. The third-order valence-corrected chi connectivity index (χ3v) is 4.16. The quantitative estimate of drug-likeness (QED) is 0.922. The molecule has 5 nitrogen and oxygen atoms in total. The SMILES string of the molecule is CCCNc1ccnc(C(=O)N2CCN(C)C(C)(C)C2)c1. The van der Waals surface area contributed by atoms with Crippen LogP contribution in [0.2, 0.25) is 0 Å². The van der Waals surface area contributed by atoms with Crippen LogP contribution in [0.5, 0.6) is 0 Å². The molecule has 1 N–H and O–H groups in total. The van der Waals surface area contributed by atoms with Crippen molar-refractivity contribution in [1.29, 1.82) is 0 Å². The number of likely N-dealkylation sites (N-methyl/N-ethyl adjacent to an activating group) is 1. The zero-order chi connectivity index (χ0) is 15.5. The summed E-state index contributed by atoms with van der Waals surface area (Å²) in [6.45, 7) is 9.74. The maximum Gasteiger partial charge on any atom is 0.272 e. The molecule has 0 aliphatic carbocycles. The summed E-state index contributed by atoms with van der Waals surface area (Å²) in [5.74, 6) is 0.0244. The van der Waals surface area contributed by atoms with E-state index in [0.29, 0.717) is 5.69 Å². The van der Waals surface area contributed by atoms with Gasteiger partial charge in [-0.25, -0.2) is 0 Å². The van der Waals surface area contributed by atoms with Crippen LogP contribution in [-0.2, 0) is 0 Å². The van der Waals surface area contributed by atoms with Gasteiger partial charge in [0.25, 0.3) is 5.91 Å². The molecule has 2 heterocycles. The Morgan fingerprint density at radius 2 is 2.19 bits per heavy atom. The number of carbonyl (C=O) groups excluding carboxylic acids is 1. The van der Waals surface area contributed by atoms with Crippen LogP contribution in [0, 0.1) is 0 Å². The molecule has 0 radical (unpaired) electrons. The molecule has 1 aromatic rings. The maximum atomic E-state index is 12.6. The monoisotopic (exact) mass is 290 g/mol. The predicted octanol–water partition coefficient (Wildman–Crippen LogP) is 2.07. The summed E-state index contributed by atoms with van der Waals surface area (Å²) in [5, 5.41) is 3.30. The van der Waals surface area contributed by atoms with Gasteiger partial charge in [0.1, 0.15) is 5.69 Å². The number of piperazine rings is 1. The molecule has 5 heteroatoms. The van der Waals surface area contributed by atoms with Crippen molar-refractivity contribution in [2.24, 2.45) is 0 Å². The molecule has 0 atom stereocenters. The molecular formula is C16H26N4O. The molecule has 1 fully saturated rings. The first kappa shape index (κ1) is 15.8. The number of amides is 1. The number of pyridine rings is 1. The average molecular weight is 290 g/mol. The second kappa shape index (κ2) is 6.43. The van der Waals surface area contributed by atoms with E-state index in [1.54, 1.807) is 6.20 Å². The van der Waals surface area contributed by atoms with Crippen LogP contribution in [0.3, 0.4) is 0 Å². The van der Waals surface area contributed by atoms with E-state index in [9.17, 15) is 4.79 Å². The highest BCUT2D eigenvalue weighted by Gasteiger charge is 2.33. The Hall–Kier alpha value is -1.62. The zero-order valence-electron chi connectivity index (χ0n) is 13.5. The fraction of sp³-hybridized carbons (Fsp3) is 0.625. The van der Waals surface area contributed by atoms with Crippen LogP contribution >= 0.6 is 0 Å². The summed E-state index contributed by atoms with van der Waals surface area (Å²) in [6, 6.07) is 3.75. The number of rotatable bonds is 4. The Labute approximate surface area is 127 Å². The van der Waals surface area contributed by atoms with Crippen LogP contribution in [0.15, 0.2) is 18.3 Å². The van der Waals surface area contributed by atoms with E-state index < -0.39 is 0 Å². The molecule has 1 saturated heterocycles. The van der Waals surface area contributed by atoms with Crippen molar-refractivity contribution in [2.45, 2.75) is 32.7 Å². The van der Waals surface area contributed by atoms with Gasteiger partial charge in [0.15, 0.2) is 0 Å². The highest BCUT2D eigenvalue weighted by atomic mass is 16.2. The number of hydrogen-bond donors (Lipinski definition) is 1. The van der Waals surface area contributed by atoms with Gasteiger partial charge in [0.05, 0.1) is 0 Å². The van der Waals surface area contributed by atoms with E-state index in [2.05, 4.69) is 43.0 Å². The predicted molar refractivity (Wildman–Crippen MR) is 85.6 cm³/mol. The minimum absolute atomic E-state index is 0.00593. The van der Waals surface area contributed by atoms with Gasteiger partial charge >= 0.3 is 0 Å². The number of carbonyl (C=O) groups is 1. The average Bonchev–Trinajstić information content (AvgIpc) is 2.47. The van der Waals surface area contributed by atoms with E-state index >= 15 is 0 Å². The maximum absolute atomic E-state index is 12.6. The van der Waals surface area contributed by atoms with Crippen LogP contribution in [-0.4, -0.2) is 59.5 Å². The molecule has 0 aromatic carbocycles. The lowest BCUT2D eigenvalue weighted by molar-refractivity contribution is 0.0307. The Morgan fingerprint density at radius 3 is 2.86 bits per heavy atom. The van der Waals surface area contributed by atoms with Gasteiger partial charge in [-0.3, -0.25) is 14.7 Å². The molecule has 0 unspecified atom stereocenters. The van der Waals surface area contributed by atoms with Crippen molar-refractivity contribution in [3.8, 4) is 0 Å². The Bertz CT molecular complexity index is 501. The van der Waals surface area contributed by atoms with Gasteiger partial charge in [-0.15, -0.1) is 0 Å². The number of hydrogen-bond acceptors (Lipinski definition) is 4. The topological polar surface area (TPSA) is 48.5 Å². The first-order valence-corrected chi connectivity index (χ1v) is 7.64. The van der Waals surface area contributed by atoms with Crippen LogP contribution in [0.25, 0.3) is 0 Å². The minimum atomic E-state index is 0.00593. The van der Waals surface area contributed by atoms with E-state index in [0.717, 1.165) is 38.3 Å². The summed E-state index contributed by atoms with van der Waals surface area (Å²) in [7, 11) is 2.11. The summed E-state index contributed by atoms with van der Waals surface area (Å²) >= 11 is 0. The molecule has 21 heavy (non-hydrogen) atoms. The Kier molecular flexibility index (Phi) is 4.83. The molecule has 1 aromatic heterocycles. The Morgan fingerprint density at radius 1 is 1.43 bits per heavy atom. The number of nitrogens with one attached hydrogen (secondary N) is 1. The van der Waals surface area contributed by atoms with Crippen LogP contribution in [0.4, 0.5) is 5.69 Å². The first-order chi connectivity index (χ1) is 9.94. The largest absolute Gasteiger partial charge is 0.385 e. The highest BCUT2D eigenvalue weighted by Crippen LogP contribution is 2.20. The fourth-order valence-electron chi connectivity index (χ4n) is 2.50.